The molecule has 6 heteroatoms. The molecule has 1 fully saturated rings. The molecule has 1 aliphatic heterocycles. The molecule has 0 radical (unpaired) electrons. The fourth-order valence-electron chi connectivity index (χ4n) is 1.46. The highest BCUT2D eigenvalue weighted by atomic mass is 35.5. The van der Waals surface area contributed by atoms with E-state index in [0.29, 0.717) is 24.7 Å². The predicted octanol–water partition coefficient (Wildman–Crippen LogP) is 0.316. The Balaban J connectivity index is 2.43. The van der Waals surface area contributed by atoms with Crippen molar-refractivity contribution in [3.05, 3.63) is 11.6 Å². The van der Waals surface area contributed by atoms with E-state index < -0.39 is 10.0 Å². The van der Waals surface area contributed by atoms with Gasteiger partial charge in [0, 0.05) is 37.8 Å². The van der Waals surface area contributed by atoms with Crippen LogP contribution in [-0.2, 0) is 10.0 Å². The zero-order valence-electron chi connectivity index (χ0n) is 8.24. The number of rotatable bonds is 3. The van der Waals surface area contributed by atoms with Gasteiger partial charge in [-0.15, -0.1) is 0 Å². The van der Waals surface area contributed by atoms with Crippen LogP contribution in [0, 0.1) is 0 Å². The summed E-state index contributed by atoms with van der Waals surface area (Å²) in [5.41, 5.74) is 0. The van der Waals surface area contributed by atoms with E-state index in [1.165, 1.54) is 10.6 Å². The largest absolute Gasteiger partial charge is 0.296 e. The van der Waals surface area contributed by atoms with Crippen LogP contribution in [0.4, 0.5) is 0 Å². The maximum atomic E-state index is 11.2. The normalized spacial score (nSPS) is 21.0. The average Bonchev–Trinajstić information content (AvgIpc) is 2.02. The lowest BCUT2D eigenvalue weighted by atomic mass is 10.3. The third-order valence-corrected chi connectivity index (χ3v) is 3.62. The van der Waals surface area contributed by atoms with E-state index in [-0.39, 0.29) is 0 Å². The van der Waals surface area contributed by atoms with Gasteiger partial charge in [0.15, 0.2) is 0 Å². The van der Waals surface area contributed by atoms with Crippen molar-refractivity contribution in [2.24, 2.45) is 0 Å². The summed E-state index contributed by atoms with van der Waals surface area (Å²) in [7, 11) is -3.03. The summed E-state index contributed by atoms with van der Waals surface area (Å²) in [5.74, 6) is 0. The van der Waals surface area contributed by atoms with Gasteiger partial charge < -0.3 is 0 Å². The fraction of sp³-hybridized carbons (Fsp3) is 0.750. The lowest BCUT2D eigenvalue weighted by Gasteiger charge is -2.32. The predicted molar refractivity (Wildman–Crippen MR) is 57.8 cm³/mol. The van der Waals surface area contributed by atoms with Crippen LogP contribution in [0.15, 0.2) is 11.6 Å². The van der Waals surface area contributed by atoms with Gasteiger partial charge in [0.2, 0.25) is 10.0 Å². The van der Waals surface area contributed by atoms with Gasteiger partial charge in [-0.1, -0.05) is 18.2 Å². The molecule has 0 aromatic rings. The third-order valence-electron chi connectivity index (χ3n) is 2.20. The molecule has 1 saturated heterocycles. The molecule has 4 nitrogen and oxygen atoms in total. The highest BCUT2D eigenvalue weighted by Gasteiger charge is 2.22. The van der Waals surface area contributed by atoms with Crippen LogP contribution in [0.1, 0.15) is 0 Å². The molecule has 0 aromatic heterocycles. The first-order valence-corrected chi connectivity index (χ1v) is 6.63. The number of hydrogen-bond acceptors (Lipinski definition) is 3. The number of halogens is 1. The van der Waals surface area contributed by atoms with Gasteiger partial charge in [-0.05, 0) is 0 Å². The second kappa shape index (κ2) is 4.61. The molecular formula is C8H15ClN2O2S. The third kappa shape index (κ3) is 3.57. The number of nitrogens with zero attached hydrogens (tertiary/aromatic N) is 2. The van der Waals surface area contributed by atoms with E-state index in [2.05, 4.69) is 11.5 Å². The highest BCUT2D eigenvalue weighted by molar-refractivity contribution is 7.88. The molecule has 0 unspecified atom stereocenters. The van der Waals surface area contributed by atoms with Crippen molar-refractivity contribution in [3.8, 4) is 0 Å². The molecule has 0 N–H and O–H groups in total. The summed E-state index contributed by atoms with van der Waals surface area (Å²) in [6, 6.07) is 0. The molecule has 1 rings (SSSR count). The van der Waals surface area contributed by atoms with Crippen LogP contribution in [0.3, 0.4) is 0 Å². The van der Waals surface area contributed by atoms with E-state index in [1.807, 2.05) is 0 Å². The van der Waals surface area contributed by atoms with E-state index in [0.717, 1.165) is 13.1 Å². The van der Waals surface area contributed by atoms with Crippen LogP contribution < -0.4 is 0 Å². The molecule has 0 saturated carbocycles. The average molecular weight is 239 g/mol. The summed E-state index contributed by atoms with van der Waals surface area (Å²) in [4.78, 5) is 2.09. The molecule has 0 aromatic carbocycles. The van der Waals surface area contributed by atoms with Crippen molar-refractivity contribution in [2.75, 3.05) is 39.0 Å². The molecule has 0 aliphatic carbocycles. The molecule has 14 heavy (non-hydrogen) atoms. The lowest BCUT2D eigenvalue weighted by molar-refractivity contribution is 0.204. The second-order valence-electron chi connectivity index (χ2n) is 3.46. The topological polar surface area (TPSA) is 40.6 Å². The Bertz CT molecular complexity index is 307. The fourth-order valence-corrected chi connectivity index (χ4v) is 2.46. The number of piperazine rings is 1. The van der Waals surface area contributed by atoms with Gasteiger partial charge in [0.25, 0.3) is 0 Å². The van der Waals surface area contributed by atoms with Crippen molar-refractivity contribution in [1.82, 2.24) is 9.21 Å². The zero-order valence-corrected chi connectivity index (χ0v) is 9.81. The van der Waals surface area contributed by atoms with Gasteiger partial charge in [-0.25, -0.2) is 8.42 Å². The van der Waals surface area contributed by atoms with Crippen molar-refractivity contribution >= 4 is 21.6 Å². The maximum Gasteiger partial charge on any atom is 0.211 e. The van der Waals surface area contributed by atoms with Crippen LogP contribution in [0.2, 0.25) is 0 Å². The van der Waals surface area contributed by atoms with Gasteiger partial charge in [0.05, 0.1) is 6.26 Å². The first kappa shape index (κ1) is 12.0. The van der Waals surface area contributed by atoms with E-state index >= 15 is 0 Å². The SMILES string of the molecule is C=C(Cl)CN1CCN(S(C)(=O)=O)CC1. The zero-order chi connectivity index (χ0) is 10.8. The summed E-state index contributed by atoms with van der Waals surface area (Å²) in [6.07, 6.45) is 1.24. The van der Waals surface area contributed by atoms with Gasteiger partial charge in [0.1, 0.15) is 0 Å². The Morgan fingerprint density at radius 3 is 2.21 bits per heavy atom. The maximum absolute atomic E-state index is 11.2. The smallest absolute Gasteiger partial charge is 0.211 e. The lowest BCUT2D eigenvalue weighted by Crippen LogP contribution is -2.48. The van der Waals surface area contributed by atoms with Gasteiger partial charge >= 0.3 is 0 Å². The van der Waals surface area contributed by atoms with Crippen LogP contribution in [-0.4, -0.2) is 56.6 Å². The van der Waals surface area contributed by atoms with E-state index in [1.54, 1.807) is 0 Å². The van der Waals surface area contributed by atoms with Crippen molar-refractivity contribution in [2.45, 2.75) is 0 Å². The molecule has 0 atom stereocenters. The Labute approximate surface area is 90.2 Å². The summed E-state index contributed by atoms with van der Waals surface area (Å²) in [6.45, 7) is 6.78. The molecule has 0 amide bonds. The van der Waals surface area contributed by atoms with Crippen LogP contribution in [0.25, 0.3) is 0 Å². The minimum Gasteiger partial charge on any atom is -0.296 e. The first-order valence-electron chi connectivity index (χ1n) is 4.40. The quantitative estimate of drug-likeness (QED) is 0.711. The molecule has 82 valence electrons. The first-order chi connectivity index (χ1) is 6.39. The standard InChI is InChI=1S/C8H15ClN2O2S/c1-8(9)7-10-3-5-11(6-4-10)14(2,12)13/h1,3-7H2,2H3. The van der Waals surface area contributed by atoms with E-state index in [9.17, 15) is 8.42 Å². The highest BCUT2D eigenvalue weighted by Crippen LogP contribution is 2.08. The molecule has 0 bridgehead atoms. The van der Waals surface area contributed by atoms with Crippen molar-refractivity contribution in [3.63, 3.8) is 0 Å². The number of sulfonamides is 1. The monoisotopic (exact) mass is 238 g/mol. The Hall–Kier alpha value is -0.100. The van der Waals surface area contributed by atoms with Crippen molar-refractivity contribution in [1.29, 1.82) is 0 Å². The van der Waals surface area contributed by atoms with Crippen LogP contribution >= 0.6 is 11.6 Å². The molecule has 1 aliphatic rings. The van der Waals surface area contributed by atoms with E-state index in [4.69, 9.17) is 11.6 Å². The summed E-state index contributed by atoms with van der Waals surface area (Å²) >= 11 is 5.67. The molecular weight excluding hydrogens is 224 g/mol. The molecule has 1 heterocycles. The van der Waals surface area contributed by atoms with Gasteiger partial charge in [-0.3, -0.25) is 4.90 Å². The van der Waals surface area contributed by atoms with Crippen LogP contribution in [0.5, 0.6) is 0 Å². The van der Waals surface area contributed by atoms with Crippen molar-refractivity contribution < 1.29 is 8.42 Å². The second-order valence-corrected chi connectivity index (χ2v) is 5.97. The number of hydrogen-bond donors (Lipinski definition) is 0. The van der Waals surface area contributed by atoms with Gasteiger partial charge in [-0.2, -0.15) is 4.31 Å². The minimum atomic E-state index is -3.03. The Morgan fingerprint density at radius 1 is 1.36 bits per heavy atom. The summed E-state index contributed by atoms with van der Waals surface area (Å²) in [5, 5.41) is 0.595. The minimum absolute atomic E-state index is 0.545. The molecule has 0 spiro atoms. The summed E-state index contributed by atoms with van der Waals surface area (Å²) < 4.78 is 23.8. The Kier molecular flexibility index (Phi) is 3.94. The Morgan fingerprint density at radius 2 is 1.86 bits per heavy atom.